The lowest BCUT2D eigenvalue weighted by molar-refractivity contribution is -0.121. The molecule has 0 saturated carbocycles. The van der Waals surface area contributed by atoms with Gasteiger partial charge in [-0.2, -0.15) is 4.98 Å². The number of nitrogens with zero attached hydrogens (tertiary/aromatic N) is 3. The second-order valence-corrected chi connectivity index (χ2v) is 7.19. The number of halogens is 2. The fourth-order valence-electron chi connectivity index (χ4n) is 2.83. The summed E-state index contributed by atoms with van der Waals surface area (Å²) in [5.74, 6) is 0.115. The first-order valence-electron chi connectivity index (χ1n) is 8.85. The van der Waals surface area contributed by atoms with Crippen LogP contribution in [0, 0.1) is 5.82 Å². The van der Waals surface area contributed by atoms with Crippen molar-refractivity contribution in [1.82, 2.24) is 20.0 Å². The summed E-state index contributed by atoms with van der Waals surface area (Å²) >= 11 is 3.15. The Morgan fingerprint density at radius 3 is 2.76 bits per heavy atom. The number of carbonyl (C=O) groups excluding carboxylic acids is 1. The normalized spacial score (nSPS) is 10.8. The maximum atomic E-state index is 13.4. The van der Waals surface area contributed by atoms with Crippen molar-refractivity contribution < 1.29 is 13.7 Å². The van der Waals surface area contributed by atoms with Crippen molar-refractivity contribution in [1.29, 1.82) is 0 Å². The van der Waals surface area contributed by atoms with Crippen LogP contribution in [-0.4, -0.2) is 20.6 Å². The number of hydrogen-bond donors (Lipinski definition) is 1. The highest BCUT2D eigenvalue weighted by Crippen LogP contribution is 2.26. The van der Waals surface area contributed by atoms with Crippen LogP contribution in [0.4, 0.5) is 4.39 Å². The molecule has 6 nitrogen and oxygen atoms in total. The molecule has 2 aromatic heterocycles. The van der Waals surface area contributed by atoms with Gasteiger partial charge in [0.25, 0.3) is 5.89 Å². The molecule has 0 fully saturated rings. The third-order valence-electron chi connectivity index (χ3n) is 4.30. The molecule has 0 unspecified atom stereocenters. The van der Waals surface area contributed by atoms with Crippen LogP contribution in [0.1, 0.15) is 5.56 Å². The number of rotatable bonds is 6. The Morgan fingerprint density at radius 2 is 1.97 bits per heavy atom. The minimum absolute atomic E-state index is 0.120. The van der Waals surface area contributed by atoms with Crippen molar-refractivity contribution in [2.45, 2.75) is 13.1 Å². The van der Waals surface area contributed by atoms with Crippen LogP contribution < -0.4 is 5.32 Å². The monoisotopic (exact) mass is 454 g/mol. The molecule has 0 aliphatic heterocycles. The Morgan fingerprint density at radius 1 is 1.14 bits per heavy atom. The Hall–Kier alpha value is -3.26. The van der Waals surface area contributed by atoms with Gasteiger partial charge in [0.15, 0.2) is 0 Å². The van der Waals surface area contributed by atoms with Crippen molar-refractivity contribution in [2.75, 3.05) is 0 Å². The van der Waals surface area contributed by atoms with Crippen LogP contribution in [0.25, 0.3) is 23.0 Å². The zero-order valence-corrected chi connectivity index (χ0v) is 16.8. The van der Waals surface area contributed by atoms with E-state index in [4.69, 9.17) is 4.52 Å². The van der Waals surface area contributed by atoms with E-state index >= 15 is 0 Å². The highest BCUT2D eigenvalue weighted by molar-refractivity contribution is 9.10. The highest BCUT2D eigenvalue weighted by atomic mass is 79.9. The average molecular weight is 455 g/mol. The summed E-state index contributed by atoms with van der Waals surface area (Å²) < 4.78 is 20.9. The quantitative estimate of drug-likeness (QED) is 0.467. The Labute approximate surface area is 174 Å². The number of nitrogens with one attached hydrogen (secondary N) is 1. The summed E-state index contributed by atoms with van der Waals surface area (Å²) in [6, 6.07) is 17.8. The molecule has 2 aromatic carbocycles. The fraction of sp³-hybridized carbons (Fsp3) is 0.0952. The maximum absolute atomic E-state index is 13.4. The van der Waals surface area contributed by atoms with E-state index in [0.29, 0.717) is 28.1 Å². The average Bonchev–Trinajstić information content (AvgIpc) is 3.39. The van der Waals surface area contributed by atoms with Gasteiger partial charge in [-0.05, 0) is 51.8 Å². The topological polar surface area (TPSA) is 73.0 Å². The molecule has 0 atom stereocenters. The van der Waals surface area contributed by atoms with E-state index in [1.807, 2.05) is 30.3 Å². The first-order valence-corrected chi connectivity index (χ1v) is 9.65. The van der Waals surface area contributed by atoms with E-state index in [2.05, 4.69) is 31.4 Å². The molecule has 1 N–H and O–H groups in total. The van der Waals surface area contributed by atoms with Gasteiger partial charge in [0, 0.05) is 18.3 Å². The zero-order valence-electron chi connectivity index (χ0n) is 15.2. The minimum atomic E-state index is -0.368. The lowest BCUT2D eigenvalue weighted by Gasteiger charge is -2.08. The molecular formula is C21H16BrFN4O2. The Kier molecular flexibility index (Phi) is 5.53. The van der Waals surface area contributed by atoms with Crippen molar-refractivity contribution in [3.63, 3.8) is 0 Å². The number of carbonyl (C=O) groups is 1. The zero-order chi connectivity index (χ0) is 20.2. The summed E-state index contributed by atoms with van der Waals surface area (Å²) in [6.45, 7) is 0.579. The van der Waals surface area contributed by atoms with E-state index in [0.717, 1.165) is 5.56 Å². The van der Waals surface area contributed by atoms with Gasteiger partial charge in [0.1, 0.15) is 18.1 Å². The third kappa shape index (κ3) is 4.43. The lowest BCUT2D eigenvalue weighted by Crippen LogP contribution is -2.27. The van der Waals surface area contributed by atoms with Gasteiger partial charge in [0.2, 0.25) is 11.7 Å². The largest absolute Gasteiger partial charge is 0.350 e. The van der Waals surface area contributed by atoms with E-state index < -0.39 is 0 Å². The number of aromatic nitrogens is 3. The fourth-order valence-corrected chi connectivity index (χ4v) is 3.21. The number of benzene rings is 2. The van der Waals surface area contributed by atoms with Gasteiger partial charge in [-0.15, -0.1) is 0 Å². The number of amides is 1. The number of hydrogen-bond acceptors (Lipinski definition) is 4. The second kappa shape index (κ2) is 8.40. The third-order valence-corrected chi connectivity index (χ3v) is 4.91. The van der Waals surface area contributed by atoms with E-state index in [9.17, 15) is 9.18 Å². The van der Waals surface area contributed by atoms with Crippen LogP contribution in [0.5, 0.6) is 0 Å². The van der Waals surface area contributed by atoms with Gasteiger partial charge < -0.3 is 14.4 Å². The summed E-state index contributed by atoms with van der Waals surface area (Å²) in [4.78, 5) is 16.7. The lowest BCUT2D eigenvalue weighted by atomic mass is 10.2. The van der Waals surface area contributed by atoms with Crippen molar-refractivity contribution in [2.24, 2.45) is 0 Å². The molecule has 0 spiro atoms. The summed E-state index contributed by atoms with van der Waals surface area (Å²) in [7, 11) is 0. The predicted octanol–water partition coefficient (Wildman–Crippen LogP) is 4.42. The summed E-state index contributed by atoms with van der Waals surface area (Å²) in [6.07, 6.45) is 1.77. The molecule has 2 heterocycles. The first-order chi connectivity index (χ1) is 14.1. The first kappa shape index (κ1) is 19.1. The van der Waals surface area contributed by atoms with Crippen molar-refractivity contribution >= 4 is 21.8 Å². The molecule has 1 amide bonds. The van der Waals surface area contributed by atoms with E-state index in [1.54, 1.807) is 35.0 Å². The minimum Gasteiger partial charge on any atom is -0.350 e. The maximum Gasteiger partial charge on any atom is 0.274 e. The van der Waals surface area contributed by atoms with E-state index in [-0.39, 0.29) is 24.2 Å². The van der Waals surface area contributed by atoms with Gasteiger partial charge in [-0.1, -0.05) is 35.5 Å². The van der Waals surface area contributed by atoms with Crippen molar-refractivity contribution in [3.8, 4) is 23.0 Å². The molecule has 0 aliphatic rings. The Balaban J connectivity index is 1.47. The van der Waals surface area contributed by atoms with Crippen LogP contribution in [0.3, 0.4) is 0 Å². The molecular weight excluding hydrogens is 439 g/mol. The highest BCUT2D eigenvalue weighted by Gasteiger charge is 2.16. The summed E-state index contributed by atoms with van der Waals surface area (Å²) in [5, 5.41) is 6.86. The molecule has 8 heteroatoms. The molecule has 29 heavy (non-hydrogen) atoms. The molecule has 4 aromatic rings. The van der Waals surface area contributed by atoms with Gasteiger partial charge in [0.05, 0.1) is 4.47 Å². The standard InChI is InChI=1S/C21H16BrFN4O2/c22-16-11-15(8-9-17(16)23)20-25-21(29-26-20)18-7-4-10-27(18)13-19(28)24-12-14-5-2-1-3-6-14/h1-11H,12-13H2,(H,24,28). The molecule has 0 saturated heterocycles. The predicted molar refractivity (Wildman–Crippen MR) is 109 cm³/mol. The molecule has 4 rings (SSSR count). The SMILES string of the molecule is O=C(Cn1cccc1-c1nc(-c2ccc(F)c(Br)c2)no1)NCc1ccccc1. The smallest absolute Gasteiger partial charge is 0.274 e. The van der Waals surface area contributed by atoms with Gasteiger partial charge in [-0.3, -0.25) is 4.79 Å². The van der Waals surface area contributed by atoms with Crippen LogP contribution in [0.2, 0.25) is 0 Å². The molecule has 0 bridgehead atoms. The second-order valence-electron chi connectivity index (χ2n) is 6.34. The van der Waals surface area contributed by atoms with Crippen molar-refractivity contribution in [3.05, 3.63) is 82.7 Å². The Bertz CT molecular complexity index is 1140. The van der Waals surface area contributed by atoms with Crippen LogP contribution in [0.15, 0.2) is 75.9 Å². The van der Waals surface area contributed by atoms with Crippen LogP contribution in [-0.2, 0) is 17.9 Å². The molecule has 0 aliphatic carbocycles. The van der Waals surface area contributed by atoms with E-state index in [1.165, 1.54) is 6.07 Å². The van der Waals surface area contributed by atoms with Crippen LogP contribution >= 0.6 is 15.9 Å². The molecule has 146 valence electrons. The summed E-state index contributed by atoms with van der Waals surface area (Å²) in [5.41, 5.74) is 2.27. The molecule has 0 radical (unpaired) electrons. The van der Waals surface area contributed by atoms with Gasteiger partial charge in [-0.25, -0.2) is 4.39 Å². The van der Waals surface area contributed by atoms with Gasteiger partial charge >= 0.3 is 0 Å².